The molecule has 3 N–H and O–H groups in total. The molecule has 0 spiro atoms. The van der Waals surface area contributed by atoms with E-state index in [0.717, 1.165) is 12.8 Å². The predicted octanol–water partition coefficient (Wildman–Crippen LogP) is 2.64. The van der Waals surface area contributed by atoms with Gasteiger partial charge in [-0.1, -0.05) is 23.7 Å². The highest BCUT2D eigenvalue weighted by atomic mass is 35.5. The zero-order chi connectivity index (χ0) is 25.9. The number of anilines is 1. The minimum absolute atomic E-state index is 0.0244. The Morgan fingerprint density at radius 2 is 2.03 bits per heavy atom. The van der Waals surface area contributed by atoms with E-state index in [-0.39, 0.29) is 41.5 Å². The van der Waals surface area contributed by atoms with E-state index < -0.39 is 30.1 Å². The molecule has 1 heterocycles. The molecule has 2 aromatic carbocycles. The fourth-order valence-electron chi connectivity index (χ4n) is 3.26. The first kappa shape index (κ1) is 26.9. The van der Waals surface area contributed by atoms with E-state index in [9.17, 15) is 18.8 Å². The van der Waals surface area contributed by atoms with Gasteiger partial charge in [-0.3, -0.25) is 14.4 Å². The largest absolute Gasteiger partial charge is 0.490 e. The second-order valence-electron chi connectivity index (χ2n) is 7.62. The molecule has 0 aliphatic carbocycles. The molecular formula is C24H26ClFN4O6. The van der Waals surface area contributed by atoms with Gasteiger partial charge in [-0.25, -0.2) is 9.82 Å². The highest BCUT2D eigenvalue weighted by Crippen LogP contribution is 2.36. The molecule has 1 saturated heterocycles. The minimum Gasteiger partial charge on any atom is -0.490 e. The second kappa shape index (κ2) is 13.4. The Morgan fingerprint density at radius 1 is 1.22 bits per heavy atom. The molecule has 1 fully saturated rings. The summed E-state index contributed by atoms with van der Waals surface area (Å²) in [4.78, 5) is 36.0. The molecule has 0 bridgehead atoms. The molecule has 3 rings (SSSR count). The van der Waals surface area contributed by atoms with Crippen LogP contribution in [0.1, 0.15) is 25.3 Å². The fourth-order valence-corrected chi connectivity index (χ4v) is 3.53. The van der Waals surface area contributed by atoms with E-state index in [1.54, 1.807) is 13.0 Å². The van der Waals surface area contributed by atoms with Gasteiger partial charge < -0.3 is 24.8 Å². The Balaban J connectivity index is 1.57. The minimum atomic E-state index is -0.929. The highest BCUT2D eigenvalue weighted by Gasteiger charge is 2.19. The van der Waals surface area contributed by atoms with Crippen molar-refractivity contribution in [2.24, 2.45) is 5.10 Å². The summed E-state index contributed by atoms with van der Waals surface area (Å²) in [7, 11) is 0. The van der Waals surface area contributed by atoms with Crippen molar-refractivity contribution in [3.8, 4) is 11.5 Å². The molecule has 10 nitrogen and oxygen atoms in total. The van der Waals surface area contributed by atoms with Crippen LogP contribution in [0.25, 0.3) is 0 Å². The van der Waals surface area contributed by atoms with Crippen LogP contribution in [0.5, 0.6) is 11.5 Å². The molecule has 192 valence electrons. The van der Waals surface area contributed by atoms with Gasteiger partial charge in [-0.15, -0.1) is 0 Å². The van der Waals surface area contributed by atoms with Crippen LogP contribution in [0.2, 0.25) is 5.02 Å². The van der Waals surface area contributed by atoms with E-state index in [2.05, 4.69) is 21.2 Å². The van der Waals surface area contributed by atoms with E-state index >= 15 is 0 Å². The van der Waals surface area contributed by atoms with Crippen molar-refractivity contribution in [3.05, 3.63) is 52.8 Å². The van der Waals surface area contributed by atoms with Crippen LogP contribution >= 0.6 is 11.6 Å². The molecule has 1 atom stereocenters. The van der Waals surface area contributed by atoms with Crippen molar-refractivity contribution in [1.82, 2.24) is 10.7 Å². The van der Waals surface area contributed by atoms with E-state index in [0.29, 0.717) is 12.2 Å². The quantitative estimate of drug-likeness (QED) is 0.251. The summed E-state index contributed by atoms with van der Waals surface area (Å²) < 4.78 is 30.2. The van der Waals surface area contributed by atoms with Gasteiger partial charge in [0, 0.05) is 13.2 Å². The Kier molecular flexibility index (Phi) is 10.0. The lowest BCUT2D eigenvalue weighted by atomic mass is 10.2. The normalized spacial score (nSPS) is 14.9. The van der Waals surface area contributed by atoms with Crippen LogP contribution in [-0.2, 0) is 19.1 Å². The lowest BCUT2D eigenvalue weighted by Gasteiger charge is -2.14. The third-order valence-electron chi connectivity index (χ3n) is 4.93. The number of hydrogen-bond acceptors (Lipinski definition) is 7. The first-order valence-corrected chi connectivity index (χ1v) is 11.6. The molecule has 12 heteroatoms. The lowest BCUT2D eigenvalue weighted by molar-refractivity contribution is -0.139. The summed E-state index contributed by atoms with van der Waals surface area (Å²) in [5.74, 6) is -2.59. The van der Waals surface area contributed by atoms with Gasteiger partial charge in [0.05, 0.1) is 29.6 Å². The number of nitrogens with zero attached hydrogens (tertiary/aromatic N) is 1. The number of hydrazone groups is 1. The van der Waals surface area contributed by atoms with Crippen LogP contribution in [0.3, 0.4) is 0 Å². The summed E-state index contributed by atoms with van der Waals surface area (Å²) in [5.41, 5.74) is 2.60. The fraction of sp³-hybridized carbons (Fsp3) is 0.333. The zero-order valence-corrected chi connectivity index (χ0v) is 20.3. The summed E-state index contributed by atoms with van der Waals surface area (Å²) in [6.07, 6.45) is 2.94. The van der Waals surface area contributed by atoms with Crippen LogP contribution in [0.4, 0.5) is 10.1 Å². The maximum absolute atomic E-state index is 13.7. The van der Waals surface area contributed by atoms with Gasteiger partial charge in [-0.2, -0.15) is 5.10 Å². The maximum atomic E-state index is 13.7. The van der Waals surface area contributed by atoms with Gasteiger partial charge >= 0.3 is 11.8 Å². The van der Waals surface area contributed by atoms with Crippen molar-refractivity contribution in [3.63, 3.8) is 0 Å². The number of para-hydroxylation sites is 1. The number of halogens is 2. The van der Waals surface area contributed by atoms with Crippen LogP contribution in [-0.4, -0.2) is 56.4 Å². The van der Waals surface area contributed by atoms with E-state index in [4.69, 9.17) is 25.8 Å². The van der Waals surface area contributed by atoms with Crippen molar-refractivity contribution < 1.29 is 33.0 Å². The standard InChI is InChI=1S/C24H26ClFN4O6/c1-2-34-20-11-15(12-28-30-24(33)23(32)27-13-16-6-5-9-35-16)10-17(25)22(20)36-14-21(31)29-19-8-4-3-7-18(19)26/h3-4,7-8,10-12,16H,2,5-6,9,13-14H2,1H3,(H,27,32)(H,29,31)(H,30,33)/b28-12-/t16-/m0/s1. The zero-order valence-electron chi connectivity index (χ0n) is 19.5. The van der Waals surface area contributed by atoms with Gasteiger partial charge in [0.1, 0.15) is 5.82 Å². The van der Waals surface area contributed by atoms with E-state index in [1.807, 2.05) is 0 Å². The maximum Gasteiger partial charge on any atom is 0.329 e. The van der Waals surface area contributed by atoms with Gasteiger partial charge in [0.2, 0.25) is 0 Å². The number of ether oxygens (including phenoxy) is 3. The molecule has 0 saturated carbocycles. The number of amides is 3. The van der Waals surface area contributed by atoms with E-state index in [1.165, 1.54) is 36.5 Å². The summed E-state index contributed by atoms with van der Waals surface area (Å²) in [6.45, 7) is 2.48. The number of rotatable bonds is 10. The van der Waals surface area contributed by atoms with Crippen molar-refractivity contribution in [1.29, 1.82) is 0 Å². The highest BCUT2D eigenvalue weighted by molar-refractivity contribution is 6.35. The SMILES string of the molecule is CCOc1cc(/C=N\NC(=O)C(=O)NC[C@@H]2CCCO2)cc(Cl)c1OCC(=O)Nc1ccccc1F. The predicted molar refractivity (Wildman–Crippen MR) is 131 cm³/mol. The first-order chi connectivity index (χ1) is 17.4. The van der Waals surface area contributed by atoms with Crippen LogP contribution < -0.4 is 25.5 Å². The molecular weight excluding hydrogens is 495 g/mol. The first-order valence-electron chi connectivity index (χ1n) is 11.2. The molecule has 0 unspecified atom stereocenters. The molecule has 1 aliphatic rings. The average molecular weight is 521 g/mol. The molecule has 1 aliphatic heterocycles. The number of carbonyl (C=O) groups excluding carboxylic acids is 3. The average Bonchev–Trinajstić information content (AvgIpc) is 3.37. The molecule has 0 radical (unpaired) electrons. The van der Waals surface area contributed by atoms with Gasteiger partial charge in [0.15, 0.2) is 18.1 Å². The molecule has 3 amide bonds. The monoisotopic (exact) mass is 520 g/mol. The topological polar surface area (TPSA) is 127 Å². The van der Waals surface area contributed by atoms with Gasteiger partial charge in [-0.05, 0) is 49.6 Å². The Hall–Kier alpha value is -3.70. The summed E-state index contributed by atoms with van der Waals surface area (Å²) in [6, 6.07) is 8.75. The molecule has 0 aromatic heterocycles. The smallest absolute Gasteiger partial charge is 0.329 e. The molecule has 36 heavy (non-hydrogen) atoms. The van der Waals surface area contributed by atoms with Crippen molar-refractivity contribution in [2.75, 3.05) is 31.7 Å². The Labute approximate surface area is 212 Å². The number of hydrogen-bond donors (Lipinski definition) is 3. The number of nitrogens with one attached hydrogen (secondary N) is 3. The van der Waals surface area contributed by atoms with Crippen LogP contribution in [0.15, 0.2) is 41.5 Å². The third-order valence-corrected chi connectivity index (χ3v) is 5.21. The summed E-state index contributed by atoms with van der Waals surface area (Å²) in [5, 5.41) is 8.79. The van der Waals surface area contributed by atoms with Gasteiger partial charge in [0.25, 0.3) is 5.91 Å². The summed E-state index contributed by atoms with van der Waals surface area (Å²) >= 11 is 6.31. The lowest BCUT2D eigenvalue weighted by Crippen LogP contribution is -2.41. The second-order valence-corrected chi connectivity index (χ2v) is 8.03. The number of benzene rings is 2. The van der Waals surface area contributed by atoms with Crippen molar-refractivity contribution in [2.45, 2.75) is 25.9 Å². The Bertz CT molecular complexity index is 1120. The van der Waals surface area contributed by atoms with Crippen molar-refractivity contribution >= 4 is 41.2 Å². The Morgan fingerprint density at radius 3 is 2.75 bits per heavy atom. The third kappa shape index (κ3) is 7.92. The van der Waals surface area contributed by atoms with Crippen LogP contribution in [0, 0.1) is 5.82 Å². The molecule has 2 aromatic rings. The number of carbonyl (C=O) groups is 3.